The number of ether oxygens (including phenoxy) is 1. The van der Waals surface area contributed by atoms with Gasteiger partial charge in [-0.1, -0.05) is 31.2 Å². The molecular weight excluding hydrogens is 210 g/mol. The highest BCUT2D eigenvalue weighted by Gasteiger charge is 2.30. The summed E-state index contributed by atoms with van der Waals surface area (Å²) in [5, 5.41) is 0. The Morgan fingerprint density at radius 1 is 1.41 bits per heavy atom. The van der Waals surface area contributed by atoms with Gasteiger partial charge in [0.15, 0.2) is 0 Å². The van der Waals surface area contributed by atoms with Crippen LogP contribution in [0.5, 0.6) is 0 Å². The molecule has 2 rings (SSSR count). The zero-order valence-electron chi connectivity index (χ0n) is 10.9. The van der Waals surface area contributed by atoms with Crippen molar-refractivity contribution < 1.29 is 4.74 Å². The second kappa shape index (κ2) is 5.65. The zero-order chi connectivity index (χ0) is 12.3. The Balaban J connectivity index is 2.04. The Labute approximate surface area is 104 Å². The fourth-order valence-corrected chi connectivity index (χ4v) is 2.88. The van der Waals surface area contributed by atoms with Gasteiger partial charge < -0.3 is 10.5 Å². The van der Waals surface area contributed by atoms with E-state index in [4.69, 9.17) is 10.5 Å². The maximum atomic E-state index is 6.42. The first kappa shape index (κ1) is 12.6. The van der Waals surface area contributed by atoms with E-state index in [1.54, 1.807) is 7.11 Å². The van der Waals surface area contributed by atoms with E-state index in [2.05, 4.69) is 31.2 Å². The number of benzene rings is 1. The van der Waals surface area contributed by atoms with Crippen LogP contribution in [0.25, 0.3) is 0 Å². The van der Waals surface area contributed by atoms with Gasteiger partial charge in [0.2, 0.25) is 0 Å². The minimum atomic E-state index is 0.258. The molecule has 1 aromatic rings. The van der Waals surface area contributed by atoms with Gasteiger partial charge in [-0.25, -0.2) is 0 Å². The molecule has 0 aromatic heterocycles. The molecule has 0 saturated carbocycles. The summed E-state index contributed by atoms with van der Waals surface area (Å²) in [6.07, 6.45) is 3.44. The zero-order valence-corrected chi connectivity index (χ0v) is 10.9. The molecule has 0 bridgehead atoms. The highest BCUT2D eigenvalue weighted by molar-refractivity contribution is 5.36. The monoisotopic (exact) mass is 233 g/mol. The predicted molar refractivity (Wildman–Crippen MR) is 71.1 cm³/mol. The number of hydrogen-bond donors (Lipinski definition) is 1. The van der Waals surface area contributed by atoms with Crippen LogP contribution in [-0.4, -0.2) is 19.8 Å². The standard InChI is InChI=1S/C15H23NO/c1-11(9-10-17-2)15(16)14-8-7-12-5-3-4-6-13(12)14/h3-6,11,14-15H,7-10,16H2,1-2H3. The molecule has 2 nitrogen and oxygen atoms in total. The van der Waals surface area contributed by atoms with Crippen molar-refractivity contribution in [1.29, 1.82) is 0 Å². The second-order valence-corrected chi connectivity index (χ2v) is 5.18. The van der Waals surface area contributed by atoms with Crippen molar-refractivity contribution in [3.63, 3.8) is 0 Å². The lowest BCUT2D eigenvalue weighted by molar-refractivity contribution is 0.171. The van der Waals surface area contributed by atoms with Gasteiger partial charge in [0.05, 0.1) is 0 Å². The van der Waals surface area contributed by atoms with Crippen LogP contribution in [-0.2, 0) is 11.2 Å². The lowest BCUT2D eigenvalue weighted by Gasteiger charge is -2.26. The van der Waals surface area contributed by atoms with E-state index in [1.807, 2.05) is 0 Å². The van der Waals surface area contributed by atoms with Crippen molar-refractivity contribution in [3.05, 3.63) is 35.4 Å². The van der Waals surface area contributed by atoms with Crippen molar-refractivity contribution in [1.82, 2.24) is 0 Å². The van der Waals surface area contributed by atoms with Crippen molar-refractivity contribution in [2.75, 3.05) is 13.7 Å². The average molecular weight is 233 g/mol. The summed E-state index contributed by atoms with van der Waals surface area (Å²) in [6, 6.07) is 9.00. The number of fused-ring (bicyclic) bond motifs is 1. The van der Waals surface area contributed by atoms with Gasteiger partial charge in [-0.05, 0) is 42.2 Å². The number of aryl methyl sites for hydroxylation is 1. The smallest absolute Gasteiger partial charge is 0.0465 e. The van der Waals surface area contributed by atoms with E-state index in [1.165, 1.54) is 24.0 Å². The van der Waals surface area contributed by atoms with E-state index in [0.717, 1.165) is 13.0 Å². The first-order valence-corrected chi connectivity index (χ1v) is 6.56. The number of rotatable bonds is 5. The maximum absolute atomic E-state index is 6.42. The average Bonchev–Trinajstić information content (AvgIpc) is 2.78. The molecule has 0 aliphatic heterocycles. The summed E-state index contributed by atoms with van der Waals surface area (Å²) in [5.41, 5.74) is 9.39. The van der Waals surface area contributed by atoms with Gasteiger partial charge in [-0.15, -0.1) is 0 Å². The van der Waals surface area contributed by atoms with Crippen LogP contribution < -0.4 is 5.73 Å². The van der Waals surface area contributed by atoms with Crippen molar-refractivity contribution >= 4 is 0 Å². The molecule has 3 unspecified atom stereocenters. The summed E-state index contributed by atoms with van der Waals surface area (Å²) in [4.78, 5) is 0. The fourth-order valence-electron chi connectivity index (χ4n) is 2.88. The number of hydrogen-bond acceptors (Lipinski definition) is 2. The Morgan fingerprint density at radius 3 is 2.94 bits per heavy atom. The minimum Gasteiger partial charge on any atom is -0.385 e. The van der Waals surface area contributed by atoms with Gasteiger partial charge >= 0.3 is 0 Å². The van der Waals surface area contributed by atoms with Crippen LogP contribution in [0.4, 0.5) is 0 Å². The van der Waals surface area contributed by atoms with E-state index in [9.17, 15) is 0 Å². The van der Waals surface area contributed by atoms with Gasteiger partial charge in [0.1, 0.15) is 0 Å². The highest BCUT2D eigenvalue weighted by Crippen LogP contribution is 2.37. The third-order valence-electron chi connectivity index (χ3n) is 4.08. The molecule has 1 aliphatic carbocycles. The first-order chi connectivity index (χ1) is 8.24. The molecule has 2 N–H and O–H groups in total. The number of methoxy groups -OCH3 is 1. The van der Waals surface area contributed by atoms with Crippen LogP contribution in [0.1, 0.15) is 36.8 Å². The predicted octanol–water partition coefficient (Wildman–Crippen LogP) is 2.72. The molecule has 0 amide bonds. The summed E-state index contributed by atoms with van der Waals surface area (Å²) in [7, 11) is 1.75. The van der Waals surface area contributed by atoms with Crippen LogP contribution in [0, 0.1) is 5.92 Å². The van der Waals surface area contributed by atoms with Gasteiger partial charge in [-0.2, -0.15) is 0 Å². The normalized spacial score (nSPS) is 22.2. The van der Waals surface area contributed by atoms with Crippen molar-refractivity contribution in [2.24, 2.45) is 11.7 Å². The van der Waals surface area contributed by atoms with Crippen molar-refractivity contribution in [2.45, 2.75) is 38.1 Å². The van der Waals surface area contributed by atoms with E-state index in [-0.39, 0.29) is 6.04 Å². The van der Waals surface area contributed by atoms with Crippen LogP contribution >= 0.6 is 0 Å². The summed E-state index contributed by atoms with van der Waals surface area (Å²) >= 11 is 0. The molecule has 17 heavy (non-hydrogen) atoms. The molecule has 0 saturated heterocycles. The lowest BCUT2D eigenvalue weighted by Crippen LogP contribution is -2.34. The molecule has 1 aromatic carbocycles. The number of nitrogens with two attached hydrogens (primary N) is 1. The molecule has 2 heteroatoms. The quantitative estimate of drug-likeness (QED) is 0.848. The van der Waals surface area contributed by atoms with Gasteiger partial charge in [-0.3, -0.25) is 0 Å². The SMILES string of the molecule is COCCC(C)C(N)C1CCc2ccccc21. The van der Waals surface area contributed by atoms with Crippen LogP contribution in [0.15, 0.2) is 24.3 Å². The van der Waals surface area contributed by atoms with Crippen molar-refractivity contribution in [3.8, 4) is 0 Å². The van der Waals surface area contributed by atoms with E-state index in [0.29, 0.717) is 11.8 Å². The van der Waals surface area contributed by atoms with Crippen LogP contribution in [0.3, 0.4) is 0 Å². The molecule has 3 atom stereocenters. The molecule has 1 aliphatic rings. The topological polar surface area (TPSA) is 35.2 Å². The minimum absolute atomic E-state index is 0.258. The third-order valence-corrected chi connectivity index (χ3v) is 4.08. The molecule has 94 valence electrons. The second-order valence-electron chi connectivity index (χ2n) is 5.18. The fraction of sp³-hybridized carbons (Fsp3) is 0.600. The van der Waals surface area contributed by atoms with Gasteiger partial charge in [0, 0.05) is 19.8 Å². The molecule has 0 radical (unpaired) electrons. The Hall–Kier alpha value is -0.860. The summed E-state index contributed by atoms with van der Waals surface area (Å²) in [6.45, 7) is 3.05. The summed E-state index contributed by atoms with van der Waals surface area (Å²) < 4.78 is 5.14. The first-order valence-electron chi connectivity index (χ1n) is 6.56. The van der Waals surface area contributed by atoms with E-state index >= 15 is 0 Å². The van der Waals surface area contributed by atoms with Gasteiger partial charge in [0.25, 0.3) is 0 Å². The maximum Gasteiger partial charge on any atom is 0.0465 e. The Morgan fingerprint density at radius 2 is 2.18 bits per heavy atom. The molecule has 0 fully saturated rings. The third kappa shape index (κ3) is 2.70. The van der Waals surface area contributed by atoms with Crippen LogP contribution in [0.2, 0.25) is 0 Å². The molecular formula is C15H23NO. The Bertz CT molecular complexity index is 364. The summed E-state index contributed by atoms with van der Waals surface area (Å²) in [5.74, 6) is 1.06. The molecule has 0 spiro atoms. The highest BCUT2D eigenvalue weighted by atomic mass is 16.5. The van der Waals surface area contributed by atoms with E-state index < -0.39 is 0 Å². The Kier molecular flexibility index (Phi) is 4.19. The lowest BCUT2D eigenvalue weighted by atomic mass is 9.84. The molecule has 0 heterocycles. The largest absolute Gasteiger partial charge is 0.385 e.